The van der Waals surface area contributed by atoms with E-state index < -0.39 is 11.3 Å². The van der Waals surface area contributed by atoms with Crippen molar-refractivity contribution < 1.29 is 14.6 Å². The molecule has 2 rings (SSSR count). The van der Waals surface area contributed by atoms with Crippen LogP contribution in [0.25, 0.3) is 0 Å². The van der Waals surface area contributed by atoms with Gasteiger partial charge in [-0.3, -0.25) is 9.69 Å². The van der Waals surface area contributed by atoms with Gasteiger partial charge in [0.15, 0.2) is 0 Å². The molecule has 1 aromatic rings. The fraction of sp³-hybridized carbons (Fsp3) is 0.667. The second-order valence-corrected chi connectivity index (χ2v) is 7.49. The monoisotopic (exact) mass is 357 g/mol. The Balaban J connectivity index is 1.95. The molecule has 1 N–H and O–H groups in total. The molecule has 1 aliphatic heterocycles. The van der Waals surface area contributed by atoms with Crippen LogP contribution in [0.2, 0.25) is 5.31 Å². The predicted molar refractivity (Wildman–Crippen MR) is 106 cm³/mol. The van der Waals surface area contributed by atoms with Gasteiger partial charge >= 0.3 is 5.97 Å². The van der Waals surface area contributed by atoms with Gasteiger partial charge in [-0.25, -0.2) is 0 Å². The van der Waals surface area contributed by atoms with Crippen LogP contribution in [0.15, 0.2) is 24.3 Å². The number of ether oxygens (including phenoxy) is 1. The number of rotatable bonds is 10. The Kier molecular flexibility index (Phi) is 8.01. The number of hydrogen-bond donors (Lipinski definition) is 1. The first-order valence-corrected chi connectivity index (χ1v) is 9.90. The number of carboxylic acid groups (broad SMARTS) is 1. The zero-order valence-corrected chi connectivity index (χ0v) is 16.2. The van der Waals surface area contributed by atoms with E-state index >= 15 is 0 Å². The summed E-state index contributed by atoms with van der Waals surface area (Å²) >= 11 is 0. The minimum absolute atomic E-state index is 0.405. The van der Waals surface area contributed by atoms with Crippen LogP contribution >= 0.6 is 0 Å². The molecular formula is C21H32BNO3. The number of carbonyl (C=O) groups is 1. The third-order valence-corrected chi connectivity index (χ3v) is 5.58. The molecule has 4 nitrogen and oxygen atoms in total. The topological polar surface area (TPSA) is 49.8 Å². The molecule has 2 unspecified atom stereocenters. The van der Waals surface area contributed by atoms with E-state index in [1.165, 1.54) is 18.4 Å². The van der Waals surface area contributed by atoms with Crippen molar-refractivity contribution in [2.75, 3.05) is 20.2 Å². The summed E-state index contributed by atoms with van der Waals surface area (Å²) in [7, 11) is 7.87. The first-order valence-electron chi connectivity index (χ1n) is 9.90. The van der Waals surface area contributed by atoms with Crippen LogP contribution in [0.4, 0.5) is 0 Å². The third kappa shape index (κ3) is 5.50. The molecular weight excluding hydrogens is 325 g/mol. The van der Waals surface area contributed by atoms with E-state index in [9.17, 15) is 9.90 Å². The normalized spacial score (nSPS) is 20.5. The predicted octanol–water partition coefficient (Wildman–Crippen LogP) is 4.60. The van der Waals surface area contributed by atoms with E-state index in [4.69, 9.17) is 12.6 Å². The molecule has 2 atom stereocenters. The zero-order chi connectivity index (χ0) is 19.0. The van der Waals surface area contributed by atoms with E-state index in [2.05, 4.69) is 24.0 Å². The summed E-state index contributed by atoms with van der Waals surface area (Å²) in [5, 5.41) is 8.44. The summed E-state index contributed by atoms with van der Waals surface area (Å²) in [6.45, 7) is 4.03. The van der Waals surface area contributed by atoms with Crippen molar-refractivity contribution >= 4 is 13.8 Å². The summed E-state index contributed by atoms with van der Waals surface area (Å²) in [6.07, 6.45) is 7.33. The zero-order valence-electron chi connectivity index (χ0n) is 16.2. The summed E-state index contributed by atoms with van der Waals surface area (Å²) in [6, 6.07) is 8.73. The molecule has 1 saturated heterocycles. The van der Waals surface area contributed by atoms with Crippen molar-refractivity contribution in [2.24, 2.45) is 0 Å². The highest BCUT2D eigenvalue weighted by Gasteiger charge is 2.32. The Morgan fingerprint density at radius 3 is 2.58 bits per heavy atom. The molecule has 0 amide bonds. The molecule has 0 bridgehead atoms. The number of methoxy groups -OCH3 is 1. The van der Waals surface area contributed by atoms with Crippen LogP contribution in [-0.2, 0) is 4.79 Å². The second kappa shape index (κ2) is 10.0. The number of nitrogens with zero attached hydrogens (tertiary/aromatic N) is 1. The molecule has 2 radical (unpaired) electrons. The van der Waals surface area contributed by atoms with Crippen molar-refractivity contribution in [1.29, 1.82) is 0 Å². The molecule has 142 valence electrons. The van der Waals surface area contributed by atoms with Crippen LogP contribution in [0.5, 0.6) is 5.75 Å². The van der Waals surface area contributed by atoms with Gasteiger partial charge in [-0.2, -0.15) is 0 Å². The first kappa shape index (κ1) is 20.8. The molecule has 0 saturated carbocycles. The highest BCUT2D eigenvalue weighted by molar-refractivity contribution is 6.26. The van der Waals surface area contributed by atoms with Crippen molar-refractivity contribution in [3.8, 4) is 5.75 Å². The number of unbranched alkanes of at least 4 members (excludes halogenated alkanes) is 1. The molecule has 0 aliphatic carbocycles. The second-order valence-electron chi connectivity index (χ2n) is 7.49. The minimum atomic E-state index is -1.08. The SMILES string of the molecule is [B]C(CCCC)(CCCN1CCCCC1c1ccc(OC)cc1)C(=O)O. The maximum Gasteiger partial charge on any atom is 0.300 e. The lowest BCUT2D eigenvalue weighted by atomic mass is 9.63. The number of likely N-dealkylation sites (tertiary alicyclic amines) is 1. The van der Waals surface area contributed by atoms with Gasteiger partial charge in [0.1, 0.15) is 5.75 Å². The highest BCUT2D eigenvalue weighted by Crippen LogP contribution is 2.36. The molecule has 1 aromatic carbocycles. The van der Waals surface area contributed by atoms with Crippen LogP contribution in [0.1, 0.15) is 69.9 Å². The summed E-state index contributed by atoms with van der Waals surface area (Å²) in [4.78, 5) is 14.1. The first-order chi connectivity index (χ1) is 12.5. The summed E-state index contributed by atoms with van der Waals surface area (Å²) in [5.41, 5.74) is 1.31. The lowest BCUT2D eigenvalue weighted by Crippen LogP contribution is -2.35. The summed E-state index contributed by atoms with van der Waals surface area (Å²) in [5.74, 6) is 0.0118. The van der Waals surface area contributed by atoms with Gasteiger partial charge in [0, 0.05) is 11.4 Å². The van der Waals surface area contributed by atoms with Gasteiger partial charge < -0.3 is 9.84 Å². The van der Waals surface area contributed by atoms with E-state index in [-0.39, 0.29) is 0 Å². The number of carboxylic acids is 1. The quantitative estimate of drug-likeness (QED) is 0.622. The largest absolute Gasteiger partial charge is 0.497 e. The molecule has 0 aromatic heterocycles. The standard InChI is InChI=1S/C21H32BNO3/c1-3-4-13-21(22,20(24)25)14-7-16-23-15-6-5-8-19(23)17-9-11-18(26-2)12-10-17/h9-12,19H,3-8,13-16H2,1-2H3,(H,24,25). The lowest BCUT2D eigenvalue weighted by Gasteiger charge is -2.37. The van der Waals surface area contributed by atoms with Crippen molar-refractivity contribution in [1.82, 2.24) is 4.90 Å². The Morgan fingerprint density at radius 2 is 1.96 bits per heavy atom. The average Bonchev–Trinajstić information content (AvgIpc) is 2.67. The van der Waals surface area contributed by atoms with Gasteiger partial charge in [0.2, 0.25) is 0 Å². The molecule has 1 aliphatic rings. The maximum atomic E-state index is 11.6. The smallest absolute Gasteiger partial charge is 0.300 e. The number of piperidine rings is 1. The van der Waals surface area contributed by atoms with Crippen LogP contribution in [-0.4, -0.2) is 44.0 Å². The lowest BCUT2D eigenvalue weighted by molar-refractivity contribution is -0.141. The van der Waals surface area contributed by atoms with E-state index in [1.807, 2.05) is 12.1 Å². The van der Waals surface area contributed by atoms with Crippen LogP contribution in [0, 0.1) is 0 Å². The van der Waals surface area contributed by atoms with Crippen molar-refractivity contribution in [3.63, 3.8) is 0 Å². The minimum Gasteiger partial charge on any atom is -0.497 e. The van der Waals surface area contributed by atoms with Gasteiger partial charge in [-0.05, 0) is 62.9 Å². The maximum absolute atomic E-state index is 11.6. The van der Waals surface area contributed by atoms with Crippen LogP contribution < -0.4 is 4.74 Å². The number of hydrogen-bond acceptors (Lipinski definition) is 3. The van der Waals surface area contributed by atoms with Gasteiger partial charge in [-0.1, -0.05) is 38.3 Å². The van der Waals surface area contributed by atoms with Crippen molar-refractivity contribution in [2.45, 2.75) is 69.6 Å². The fourth-order valence-corrected chi connectivity index (χ4v) is 3.89. The van der Waals surface area contributed by atoms with Gasteiger partial charge in [-0.15, -0.1) is 0 Å². The average molecular weight is 357 g/mol. The fourth-order valence-electron chi connectivity index (χ4n) is 3.89. The molecule has 1 fully saturated rings. The Morgan fingerprint density at radius 1 is 1.27 bits per heavy atom. The molecule has 0 spiro atoms. The van der Waals surface area contributed by atoms with E-state index in [0.29, 0.717) is 18.9 Å². The molecule has 5 heteroatoms. The van der Waals surface area contributed by atoms with Crippen molar-refractivity contribution in [3.05, 3.63) is 29.8 Å². The molecule has 1 heterocycles. The molecule has 26 heavy (non-hydrogen) atoms. The van der Waals surface area contributed by atoms with E-state index in [1.54, 1.807) is 7.11 Å². The summed E-state index contributed by atoms with van der Waals surface area (Å²) < 4.78 is 5.26. The van der Waals surface area contributed by atoms with Gasteiger partial charge in [0.25, 0.3) is 0 Å². The van der Waals surface area contributed by atoms with E-state index in [0.717, 1.165) is 44.5 Å². The number of aliphatic carboxylic acids is 1. The Bertz CT molecular complexity index is 563. The third-order valence-electron chi connectivity index (χ3n) is 5.58. The number of benzene rings is 1. The Labute approximate surface area is 159 Å². The van der Waals surface area contributed by atoms with Crippen LogP contribution in [0.3, 0.4) is 0 Å². The van der Waals surface area contributed by atoms with Gasteiger partial charge in [0.05, 0.1) is 15.0 Å². The highest BCUT2D eigenvalue weighted by atomic mass is 16.5. The Hall–Kier alpha value is -1.49.